The number of rotatable bonds is 3. The molecular weight excluding hydrogens is 354 g/mol. The van der Waals surface area contributed by atoms with Gasteiger partial charge < -0.3 is 4.90 Å². The highest BCUT2D eigenvalue weighted by molar-refractivity contribution is 5.88. The summed E-state index contributed by atoms with van der Waals surface area (Å²) in [6, 6.07) is 5.28. The molecule has 1 aromatic carbocycles. The number of amides is 2. The molecule has 0 bridgehead atoms. The van der Waals surface area contributed by atoms with Gasteiger partial charge in [0.05, 0.1) is 0 Å². The van der Waals surface area contributed by atoms with E-state index in [4.69, 9.17) is 0 Å². The van der Waals surface area contributed by atoms with Crippen molar-refractivity contribution in [3.8, 4) is 0 Å². The Morgan fingerprint density at radius 3 is 2.56 bits per heavy atom. The summed E-state index contributed by atoms with van der Waals surface area (Å²) in [5.74, 6) is -1.02. The highest BCUT2D eigenvalue weighted by atomic mass is 19.2. The SMILES string of the molecule is Cc1cc(NC(=O)N2CCC(Cc3ccc(F)c(F)c3)CC2)nn(C)c1=O. The van der Waals surface area contributed by atoms with E-state index in [0.29, 0.717) is 36.8 Å². The van der Waals surface area contributed by atoms with Crippen LogP contribution in [0.4, 0.5) is 19.4 Å². The van der Waals surface area contributed by atoms with E-state index in [1.165, 1.54) is 17.8 Å². The summed E-state index contributed by atoms with van der Waals surface area (Å²) in [7, 11) is 1.54. The van der Waals surface area contributed by atoms with Crippen molar-refractivity contribution >= 4 is 11.8 Å². The zero-order valence-corrected chi connectivity index (χ0v) is 15.3. The van der Waals surface area contributed by atoms with Gasteiger partial charge in [-0.15, -0.1) is 0 Å². The van der Waals surface area contributed by atoms with Crippen molar-refractivity contribution in [2.45, 2.75) is 26.2 Å². The van der Waals surface area contributed by atoms with Gasteiger partial charge in [-0.2, -0.15) is 5.10 Å². The van der Waals surface area contributed by atoms with Gasteiger partial charge in [0, 0.05) is 25.7 Å². The number of aryl methyl sites for hydroxylation is 2. The first-order valence-electron chi connectivity index (χ1n) is 8.88. The Morgan fingerprint density at radius 2 is 1.93 bits per heavy atom. The van der Waals surface area contributed by atoms with Crippen LogP contribution in [0.3, 0.4) is 0 Å². The highest BCUT2D eigenvalue weighted by Crippen LogP contribution is 2.23. The third-order valence-corrected chi connectivity index (χ3v) is 4.89. The van der Waals surface area contributed by atoms with E-state index < -0.39 is 11.6 Å². The summed E-state index contributed by atoms with van der Waals surface area (Å²) in [5.41, 5.74) is 1.07. The number of hydrogen-bond donors (Lipinski definition) is 1. The van der Waals surface area contributed by atoms with Crippen molar-refractivity contribution in [3.63, 3.8) is 0 Å². The van der Waals surface area contributed by atoms with E-state index in [9.17, 15) is 18.4 Å². The van der Waals surface area contributed by atoms with Crippen LogP contribution in [0.5, 0.6) is 0 Å². The fraction of sp³-hybridized carbons (Fsp3) is 0.421. The van der Waals surface area contributed by atoms with Crippen LogP contribution in [-0.4, -0.2) is 33.8 Å². The predicted octanol–water partition coefficient (Wildman–Crippen LogP) is 2.85. The number of hydrogen-bond acceptors (Lipinski definition) is 3. The zero-order valence-electron chi connectivity index (χ0n) is 15.3. The number of anilines is 1. The summed E-state index contributed by atoms with van der Waals surface area (Å²) in [6.07, 6.45) is 2.23. The van der Waals surface area contributed by atoms with E-state index in [-0.39, 0.29) is 11.6 Å². The third-order valence-electron chi connectivity index (χ3n) is 4.89. The monoisotopic (exact) mass is 376 g/mol. The Hall–Kier alpha value is -2.77. The first-order chi connectivity index (χ1) is 12.8. The average Bonchev–Trinajstić information content (AvgIpc) is 2.63. The smallest absolute Gasteiger partial charge is 0.323 e. The van der Waals surface area contributed by atoms with Gasteiger partial charge in [-0.05, 0) is 55.9 Å². The molecule has 3 rings (SSSR count). The molecule has 0 atom stereocenters. The largest absolute Gasteiger partial charge is 0.324 e. The lowest BCUT2D eigenvalue weighted by molar-refractivity contribution is 0.182. The maximum Gasteiger partial charge on any atom is 0.323 e. The van der Waals surface area contributed by atoms with Crippen molar-refractivity contribution in [2.75, 3.05) is 18.4 Å². The van der Waals surface area contributed by atoms with E-state index in [1.807, 2.05) is 0 Å². The van der Waals surface area contributed by atoms with E-state index in [0.717, 1.165) is 24.5 Å². The number of urea groups is 1. The fourth-order valence-corrected chi connectivity index (χ4v) is 3.35. The Bertz CT molecular complexity index is 879. The molecule has 0 spiro atoms. The molecule has 1 fully saturated rings. The van der Waals surface area contributed by atoms with Gasteiger partial charge in [0.25, 0.3) is 5.56 Å². The van der Waals surface area contributed by atoms with Crippen LogP contribution in [0.1, 0.15) is 24.0 Å². The summed E-state index contributed by atoms with van der Waals surface area (Å²) >= 11 is 0. The quantitative estimate of drug-likeness (QED) is 0.896. The fourth-order valence-electron chi connectivity index (χ4n) is 3.35. The van der Waals surface area contributed by atoms with Gasteiger partial charge in [-0.3, -0.25) is 10.1 Å². The van der Waals surface area contributed by atoms with Crippen molar-refractivity contribution in [1.82, 2.24) is 14.7 Å². The van der Waals surface area contributed by atoms with Crippen molar-refractivity contribution in [2.24, 2.45) is 13.0 Å². The Kier molecular flexibility index (Phi) is 5.53. The summed E-state index contributed by atoms with van der Waals surface area (Å²) in [6.45, 7) is 2.82. The lowest BCUT2D eigenvalue weighted by Crippen LogP contribution is -2.41. The molecule has 144 valence electrons. The van der Waals surface area contributed by atoms with Gasteiger partial charge in [0.1, 0.15) is 0 Å². The lowest BCUT2D eigenvalue weighted by atomic mass is 9.90. The number of nitrogens with zero attached hydrogens (tertiary/aromatic N) is 3. The van der Waals surface area contributed by atoms with Crippen molar-refractivity contribution < 1.29 is 13.6 Å². The maximum atomic E-state index is 13.3. The van der Waals surface area contributed by atoms with E-state index >= 15 is 0 Å². The number of halogens is 2. The minimum absolute atomic E-state index is 0.203. The van der Waals surface area contributed by atoms with Crippen LogP contribution in [0, 0.1) is 24.5 Å². The molecule has 0 aliphatic carbocycles. The number of aromatic nitrogens is 2. The molecule has 1 N–H and O–H groups in total. The third kappa shape index (κ3) is 4.50. The summed E-state index contributed by atoms with van der Waals surface area (Å²) in [4.78, 5) is 25.8. The average molecular weight is 376 g/mol. The summed E-state index contributed by atoms with van der Waals surface area (Å²) in [5, 5.41) is 6.76. The van der Waals surface area contributed by atoms with Crippen LogP contribution in [-0.2, 0) is 13.5 Å². The molecule has 1 aliphatic rings. The second-order valence-corrected chi connectivity index (χ2v) is 6.95. The Labute approximate surface area is 155 Å². The first kappa shape index (κ1) is 19.0. The van der Waals surface area contributed by atoms with Crippen LogP contribution < -0.4 is 10.9 Å². The molecule has 2 aromatic rings. The molecule has 27 heavy (non-hydrogen) atoms. The van der Waals surface area contributed by atoms with Gasteiger partial charge in [-0.1, -0.05) is 6.07 Å². The molecule has 0 radical (unpaired) electrons. The molecule has 1 saturated heterocycles. The van der Waals surface area contributed by atoms with Crippen LogP contribution in [0.2, 0.25) is 0 Å². The molecule has 8 heteroatoms. The number of nitrogens with one attached hydrogen (secondary N) is 1. The van der Waals surface area contributed by atoms with E-state index in [1.54, 1.807) is 24.0 Å². The van der Waals surface area contributed by atoms with Gasteiger partial charge in [-0.25, -0.2) is 18.3 Å². The molecular formula is C19H22F2N4O2. The number of carbonyl (C=O) groups is 1. The predicted molar refractivity (Wildman–Crippen MR) is 97.6 cm³/mol. The van der Waals surface area contributed by atoms with Gasteiger partial charge in [0.15, 0.2) is 17.5 Å². The van der Waals surface area contributed by atoms with E-state index in [2.05, 4.69) is 10.4 Å². The second-order valence-electron chi connectivity index (χ2n) is 6.95. The number of benzene rings is 1. The minimum atomic E-state index is -0.840. The minimum Gasteiger partial charge on any atom is -0.324 e. The second kappa shape index (κ2) is 7.85. The molecule has 0 saturated carbocycles. The van der Waals surface area contributed by atoms with Gasteiger partial charge in [0.2, 0.25) is 0 Å². The summed E-state index contributed by atoms with van der Waals surface area (Å²) < 4.78 is 27.5. The first-order valence-corrected chi connectivity index (χ1v) is 8.88. The molecule has 2 amide bonds. The molecule has 6 nitrogen and oxygen atoms in total. The standard InChI is InChI=1S/C19H22F2N4O2/c1-12-9-17(23-24(2)18(12)26)22-19(27)25-7-5-13(6-8-25)10-14-3-4-15(20)16(21)11-14/h3-4,9,11,13H,5-8,10H2,1-2H3,(H,22,23,27). The van der Waals surface area contributed by atoms with Crippen molar-refractivity contribution in [3.05, 3.63) is 57.4 Å². The van der Waals surface area contributed by atoms with Crippen molar-refractivity contribution in [1.29, 1.82) is 0 Å². The topological polar surface area (TPSA) is 67.2 Å². The molecule has 1 aliphatic heterocycles. The zero-order chi connectivity index (χ0) is 19.6. The van der Waals surface area contributed by atoms with Crippen LogP contribution >= 0.6 is 0 Å². The normalized spacial score (nSPS) is 15.0. The number of piperidine rings is 1. The van der Waals surface area contributed by atoms with Crippen LogP contribution in [0.25, 0.3) is 0 Å². The molecule has 0 unspecified atom stereocenters. The lowest BCUT2D eigenvalue weighted by Gasteiger charge is -2.32. The van der Waals surface area contributed by atoms with Crippen LogP contribution in [0.15, 0.2) is 29.1 Å². The van der Waals surface area contributed by atoms with Gasteiger partial charge >= 0.3 is 6.03 Å². The number of carbonyl (C=O) groups excluding carboxylic acids is 1. The Balaban J connectivity index is 1.54. The number of likely N-dealkylation sites (tertiary alicyclic amines) is 1. The Morgan fingerprint density at radius 1 is 1.22 bits per heavy atom. The molecule has 1 aromatic heterocycles. The molecule has 2 heterocycles. The maximum absolute atomic E-state index is 13.3. The highest BCUT2D eigenvalue weighted by Gasteiger charge is 2.23.